The SMILES string of the molecule is Cc1cc(C)nc(CNS(=O)(=O)Cc2ccc3ccc4ncc(-c5cnn(C)c5)cc4c(=O)c3c2)n1. The van der Waals surface area contributed by atoms with Crippen LogP contribution in [-0.4, -0.2) is 33.2 Å². The van der Waals surface area contributed by atoms with Gasteiger partial charge in [-0.15, -0.1) is 0 Å². The Bertz CT molecular complexity index is 1780. The molecule has 0 aliphatic rings. The van der Waals surface area contributed by atoms with Crippen molar-refractivity contribution >= 4 is 31.7 Å². The van der Waals surface area contributed by atoms with Gasteiger partial charge >= 0.3 is 0 Å². The molecule has 0 radical (unpaired) electrons. The third-order valence-corrected chi connectivity index (χ3v) is 7.12. The van der Waals surface area contributed by atoms with Crippen LogP contribution in [0.4, 0.5) is 0 Å². The zero-order valence-corrected chi connectivity index (χ0v) is 20.9. The largest absolute Gasteiger partial charge is 0.289 e. The Morgan fingerprint density at radius 3 is 2.39 bits per heavy atom. The van der Waals surface area contributed by atoms with E-state index in [9.17, 15) is 13.2 Å². The number of nitrogens with zero attached hydrogens (tertiary/aromatic N) is 5. The molecule has 0 saturated heterocycles. The lowest BCUT2D eigenvalue weighted by Crippen LogP contribution is -2.26. The van der Waals surface area contributed by atoms with Crippen LogP contribution in [0.3, 0.4) is 0 Å². The molecule has 0 unspecified atom stereocenters. The molecule has 36 heavy (non-hydrogen) atoms. The third-order valence-electron chi connectivity index (χ3n) is 5.82. The lowest BCUT2D eigenvalue weighted by Gasteiger charge is -2.08. The fraction of sp³-hybridized carbons (Fsp3) is 0.192. The van der Waals surface area contributed by atoms with Crippen LogP contribution in [0.5, 0.6) is 0 Å². The molecule has 0 fully saturated rings. The number of benzene rings is 1. The van der Waals surface area contributed by atoms with E-state index in [-0.39, 0.29) is 17.7 Å². The Balaban J connectivity index is 1.48. The summed E-state index contributed by atoms with van der Waals surface area (Å²) in [5.41, 5.74) is 4.04. The standard InChI is InChI=1S/C26H24N6O3S/c1-16-8-17(2)31-25(30-16)13-29-36(34,35)15-18-4-5-19-6-7-24-23(26(33)22(19)9-18)10-20(11-27-24)21-12-28-32(3)14-21/h4-12,14,29H,13,15H2,1-3H3. The number of aromatic nitrogens is 5. The van der Waals surface area contributed by atoms with Crippen LogP contribution >= 0.6 is 0 Å². The van der Waals surface area contributed by atoms with E-state index in [2.05, 4.69) is 24.8 Å². The zero-order valence-electron chi connectivity index (χ0n) is 20.1. The lowest BCUT2D eigenvalue weighted by atomic mass is 10.1. The van der Waals surface area contributed by atoms with Gasteiger partial charge in [-0.25, -0.2) is 23.1 Å². The first kappa shape index (κ1) is 23.7. The Morgan fingerprint density at radius 2 is 1.67 bits per heavy atom. The summed E-state index contributed by atoms with van der Waals surface area (Å²) in [7, 11) is -1.87. The smallest absolute Gasteiger partial charge is 0.216 e. The highest BCUT2D eigenvalue weighted by atomic mass is 32.2. The van der Waals surface area contributed by atoms with E-state index < -0.39 is 10.0 Å². The molecule has 2 aromatic carbocycles. The topological polar surface area (TPSA) is 120 Å². The van der Waals surface area contributed by atoms with Crippen LogP contribution in [-0.2, 0) is 29.4 Å². The minimum Gasteiger partial charge on any atom is -0.289 e. The quantitative estimate of drug-likeness (QED) is 0.380. The molecule has 5 aromatic rings. The highest BCUT2D eigenvalue weighted by molar-refractivity contribution is 7.88. The molecule has 0 bridgehead atoms. The van der Waals surface area contributed by atoms with Gasteiger partial charge in [0.1, 0.15) is 5.82 Å². The minimum absolute atomic E-state index is 0.00632. The van der Waals surface area contributed by atoms with Crippen LogP contribution in [0.15, 0.2) is 65.8 Å². The van der Waals surface area contributed by atoms with Crippen molar-refractivity contribution < 1.29 is 8.42 Å². The Kier molecular flexibility index (Phi) is 6.07. The number of nitrogens with one attached hydrogen (secondary N) is 1. The predicted octanol–water partition coefficient (Wildman–Crippen LogP) is 3.18. The van der Waals surface area contributed by atoms with Crippen molar-refractivity contribution in [2.75, 3.05) is 0 Å². The van der Waals surface area contributed by atoms with Gasteiger partial charge < -0.3 is 0 Å². The van der Waals surface area contributed by atoms with E-state index in [4.69, 9.17) is 0 Å². The molecule has 182 valence electrons. The first-order chi connectivity index (χ1) is 17.2. The highest BCUT2D eigenvalue weighted by Crippen LogP contribution is 2.22. The second-order valence-electron chi connectivity index (χ2n) is 8.79. The van der Waals surface area contributed by atoms with E-state index in [1.807, 2.05) is 39.2 Å². The number of fused-ring (bicyclic) bond motifs is 2. The van der Waals surface area contributed by atoms with Gasteiger partial charge in [-0.2, -0.15) is 5.10 Å². The number of aryl methyl sites for hydroxylation is 3. The molecular formula is C26H24N6O3S. The summed E-state index contributed by atoms with van der Waals surface area (Å²) >= 11 is 0. The summed E-state index contributed by atoms with van der Waals surface area (Å²) in [4.78, 5) is 26.6. The maximum absolute atomic E-state index is 13.5. The van der Waals surface area contributed by atoms with E-state index in [1.54, 1.807) is 47.4 Å². The molecule has 5 rings (SSSR count). The first-order valence-electron chi connectivity index (χ1n) is 11.3. The fourth-order valence-electron chi connectivity index (χ4n) is 4.19. The first-order valence-corrected chi connectivity index (χ1v) is 13.0. The summed E-state index contributed by atoms with van der Waals surface area (Å²) in [6.07, 6.45) is 5.29. The van der Waals surface area contributed by atoms with Crippen molar-refractivity contribution in [1.82, 2.24) is 29.5 Å². The highest BCUT2D eigenvalue weighted by Gasteiger charge is 2.14. The molecule has 0 amide bonds. The number of sulfonamides is 1. The van der Waals surface area contributed by atoms with Crippen LogP contribution in [0, 0.1) is 13.8 Å². The number of pyridine rings is 1. The molecular weight excluding hydrogens is 476 g/mol. The van der Waals surface area contributed by atoms with E-state index >= 15 is 0 Å². The van der Waals surface area contributed by atoms with Crippen molar-refractivity contribution in [2.24, 2.45) is 7.05 Å². The van der Waals surface area contributed by atoms with Gasteiger partial charge in [0, 0.05) is 52.7 Å². The molecule has 3 aromatic heterocycles. The summed E-state index contributed by atoms with van der Waals surface area (Å²) in [6.45, 7) is 3.66. The molecule has 0 aliphatic carbocycles. The van der Waals surface area contributed by atoms with E-state index in [0.717, 1.165) is 22.5 Å². The summed E-state index contributed by atoms with van der Waals surface area (Å²) in [5, 5.41) is 5.78. The predicted molar refractivity (Wildman–Crippen MR) is 139 cm³/mol. The van der Waals surface area contributed by atoms with Gasteiger partial charge in [-0.05, 0) is 49.1 Å². The number of rotatable bonds is 6. The molecule has 0 aliphatic heterocycles. The second-order valence-corrected chi connectivity index (χ2v) is 10.6. The Morgan fingerprint density at radius 1 is 0.917 bits per heavy atom. The van der Waals surface area contributed by atoms with Crippen molar-refractivity contribution in [2.45, 2.75) is 26.1 Å². The summed E-state index contributed by atoms with van der Waals surface area (Å²) in [6, 6.07) is 12.4. The molecule has 0 spiro atoms. The maximum atomic E-state index is 13.5. The lowest BCUT2D eigenvalue weighted by molar-refractivity contribution is 0.578. The minimum atomic E-state index is -3.69. The van der Waals surface area contributed by atoms with E-state index in [1.165, 1.54) is 0 Å². The van der Waals surface area contributed by atoms with E-state index in [0.29, 0.717) is 33.1 Å². The molecule has 10 heteroatoms. The van der Waals surface area contributed by atoms with Gasteiger partial charge in [-0.3, -0.25) is 14.5 Å². The normalized spacial score (nSPS) is 11.9. The van der Waals surface area contributed by atoms with Gasteiger partial charge in [-0.1, -0.05) is 18.2 Å². The van der Waals surface area contributed by atoms with Gasteiger partial charge in [0.25, 0.3) is 0 Å². The second kappa shape index (κ2) is 9.21. The Labute approximate surface area is 207 Å². The maximum Gasteiger partial charge on any atom is 0.216 e. The van der Waals surface area contributed by atoms with Gasteiger partial charge in [0.15, 0.2) is 5.43 Å². The number of hydrogen-bond donors (Lipinski definition) is 1. The van der Waals surface area contributed by atoms with Crippen molar-refractivity contribution in [3.05, 3.63) is 94.1 Å². The van der Waals surface area contributed by atoms with Crippen molar-refractivity contribution in [3.63, 3.8) is 0 Å². The molecule has 3 heterocycles. The van der Waals surface area contributed by atoms with Gasteiger partial charge in [0.05, 0.1) is 24.0 Å². The fourth-order valence-corrected chi connectivity index (χ4v) is 5.26. The van der Waals surface area contributed by atoms with Crippen molar-refractivity contribution in [3.8, 4) is 11.1 Å². The van der Waals surface area contributed by atoms with Crippen LogP contribution in [0.2, 0.25) is 0 Å². The summed E-state index contributed by atoms with van der Waals surface area (Å²) < 4.78 is 29.8. The third kappa shape index (κ3) is 5.00. The molecule has 0 saturated carbocycles. The summed E-state index contributed by atoms with van der Waals surface area (Å²) in [5.74, 6) is 0.134. The average Bonchev–Trinajstić information content (AvgIpc) is 3.21. The van der Waals surface area contributed by atoms with Crippen molar-refractivity contribution in [1.29, 1.82) is 0 Å². The van der Waals surface area contributed by atoms with Crippen LogP contribution in [0.1, 0.15) is 22.8 Å². The van der Waals surface area contributed by atoms with Crippen LogP contribution in [0.25, 0.3) is 32.8 Å². The zero-order chi connectivity index (χ0) is 25.4. The number of hydrogen-bond acceptors (Lipinski definition) is 7. The molecule has 9 nitrogen and oxygen atoms in total. The molecule has 0 atom stereocenters. The molecule has 1 N–H and O–H groups in total. The average molecular weight is 501 g/mol. The monoisotopic (exact) mass is 500 g/mol. The Hall–Kier alpha value is -4.02. The van der Waals surface area contributed by atoms with Gasteiger partial charge in [0.2, 0.25) is 10.0 Å². The van der Waals surface area contributed by atoms with Crippen LogP contribution < -0.4 is 10.2 Å².